The molecule has 2 heterocycles. The predicted octanol–water partition coefficient (Wildman–Crippen LogP) is -0.210. The van der Waals surface area contributed by atoms with Crippen LogP contribution in [0.25, 0.3) is 0 Å². The van der Waals surface area contributed by atoms with E-state index in [1.54, 1.807) is 30.1 Å². The van der Waals surface area contributed by atoms with E-state index in [9.17, 15) is 0 Å². The molecule has 0 aliphatic carbocycles. The zero-order chi connectivity index (χ0) is 12.9. The Morgan fingerprint density at radius 1 is 1.00 bits per heavy atom. The van der Waals surface area contributed by atoms with Crippen molar-refractivity contribution in [3.05, 3.63) is 36.4 Å². The Bertz CT molecular complexity index is 405. The van der Waals surface area contributed by atoms with Gasteiger partial charge in [-0.2, -0.15) is 10.5 Å². The highest BCUT2D eigenvalue weighted by molar-refractivity contribution is 5.75. The monoisotopic (exact) mass is 245 g/mol. The lowest BCUT2D eigenvalue weighted by atomic mass is 10.8. The van der Waals surface area contributed by atoms with Crippen LogP contribution < -0.4 is 5.32 Å². The molecule has 94 valence electrons. The van der Waals surface area contributed by atoms with E-state index in [1.165, 1.54) is 12.4 Å². The Balaban J connectivity index is 0. The molecule has 2 aromatic heterocycles. The molecule has 7 nitrogen and oxygen atoms in total. The van der Waals surface area contributed by atoms with Gasteiger partial charge in [0.1, 0.15) is 11.6 Å². The standard InChI is InChI=1S/2C4H6N2.C2HN3.BH3/c2*1-4-5-2-3-6-4;3-1-5-2-4;/h2*2-3H,1H3,(H,5,6);5H;1H3. The van der Waals surface area contributed by atoms with Crippen molar-refractivity contribution in [2.45, 2.75) is 13.8 Å². The highest BCUT2D eigenvalue weighted by atomic mass is 14.9. The van der Waals surface area contributed by atoms with Crippen LogP contribution in [-0.2, 0) is 0 Å². The van der Waals surface area contributed by atoms with Crippen molar-refractivity contribution in [3.63, 3.8) is 0 Å². The van der Waals surface area contributed by atoms with Gasteiger partial charge in [0, 0.05) is 24.8 Å². The summed E-state index contributed by atoms with van der Waals surface area (Å²) >= 11 is 0. The second-order valence-corrected chi connectivity index (χ2v) is 2.70. The topological polar surface area (TPSA) is 117 Å². The van der Waals surface area contributed by atoms with Crippen LogP contribution in [0.1, 0.15) is 11.6 Å². The van der Waals surface area contributed by atoms with Crippen LogP contribution in [-0.4, -0.2) is 28.3 Å². The van der Waals surface area contributed by atoms with Crippen molar-refractivity contribution in [1.82, 2.24) is 25.3 Å². The number of imidazole rings is 2. The average Bonchev–Trinajstić information content (AvgIpc) is 2.95. The van der Waals surface area contributed by atoms with Gasteiger partial charge >= 0.3 is 0 Å². The van der Waals surface area contributed by atoms with Gasteiger partial charge in [0.2, 0.25) is 0 Å². The predicted molar refractivity (Wildman–Crippen MR) is 71.0 cm³/mol. The Hall–Kier alpha value is -2.74. The van der Waals surface area contributed by atoms with Gasteiger partial charge in [-0.1, -0.05) is 0 Å². The number of nitrogens with one attached hydrogen (secondary N) is 3. The molecule has 0 aromatic carbocycles. The van der Waals surface area contributed by atoms with E-state index in [4.69, 9.17) is 10.5 Å². The molecule has 2 rings (SSSR count). The Labute approximate surface area is 107 Å². The van der Waals surface area contributed by atoms with Crippen molar-refractivity contribution in [3.8, 4) is 12.4 Å². The average molecular weight is 245 g/mol. The number of aryl methyl sites for hydroxylation is 2. The molecular weight excluding hydrogens is 229 g/mol. The third-order valence-corrected chi connectivity index (χ3v) is 1.38. The third kappa shape index (κ3) is 11.3. The van der Waals surface area contributed by atoms with Gasteiger partial charge in [0.25, 0.3) is 0 Å². The lowest BCUT2D eigenvalue weighted by Crippen LogP contribution is -1.88. The smallest absolute Gasteiger partial charge is 0.190 e. The minimum atomic E-state index is 0. The summed E-state index contributed by atoms with van der Waals surface area (Å²) in [6, 6.07) is 0. The molecule has 2 aromatic rings. The summed E-state index contributed by atoms with van der Waals surface area (Å²) in [6.07, 6.45) is 9.88. The normalized spacial score (nSPS) is 6.89. The van der Waals surface area contributed by atoms with E-state index in [2.05, 4.69) is 19.9 Å². The summed E-state index contributed by atoms with van der Waals surface area (Å²) in [6.45, 7) is 3.83. The van der Waals surface area contributed by atoms with Gasteiger partial charge in [-0.3, -0.25) is 0 Å². The molecule has 0 fully saturated rings. The fraction of sp³-hybridized carbons (Fsp3) is 0.200. The molecule has 0 radical (unpaired) electrons. The quantitative estimate of drug-likeness (QED) is 0.337. The maximum Gasteiger partial charge on any atom is 0.190 e. The number of nitrogens with zero attached hydrogens (tertiary/aromatic N) is 4. The summed E-state index contributed by atoms with van der Waals surface area (Å²) in [7, 11) is 0. The van der Waals surface area contributed by atoms with Gasteiger partial charge in [-0.15, -0.1) is 0 Å². The zero-order valence-corrected chi connectivity index (χ0v) is 9.60. The molecule has 0 spiro atoms. The molecule has 0 aliphatic heterocycles. The van der Waals surface area contributed by atoms with Gasteiger partial charge in [-0.05, 0) is 13.8 Å². The molecule has 0 saturated carbocycles. The van der Waals surface area contributed by atoms with Gasteiger partial charge in [0.15, 0.2) is 12.4 Å². The van der Waals surface area contributed by atoms with Crippen LogP contribution >= 0.6 is 0 Å². The molecule has 0 bridgehead atoms. The van der Waals surface area contributed by atoms with Gasteiger partial charge < -0.3 is 9.97 Å². The largest absolute Gasteiger partial charge is 0.349 e. The van der Waals surface area contributed by atoms with Crippen LogP contribution in [0.5, 0.6) is 0 Å². The highest BCUT2D eigenvalue weighted by Crippen LogP contribution is 1.79. The van der Waals surface area contributed by atoms with E-state index in [0.717, 1.165) is 11.6 Å². The molecule has 0 aliphatic rings. The van der Waals surface area contributed by atoms with Crippen molar-refractivity contribution in [2.24, 2.45) is 0 Å². The first-order valence-electron chi connectivity index (χ1n) is 4.65. The van der Waals surface area contributed by atoms with Crippen LogP contribution in [0, 0.1) is 36.8 Å². The molecule has 3 N–H and O–H groups in total. The molecular formula is C10H16BN7. The maximum absolute atomic E-state index is 7.48. The second-order valence-electron chi connectivity index (χ2n) is 2.70. The number of aromatic nitrogens is 4. The molecule has 0 unspecified atom stereocenters. The van der Waals surface area contributed by atoms with E-state index < -0.39 is 0 Å². The number of hydrogen-bond donors (Lipinski definition) is 3. The zero-order valence-electron chi connectivity index (χ0n) is 9.60. The fourth-order valence-corrected chi connectivity index (χ4v) is 0.713. The highest BCUT2D eigenvalue weighted by Gasteiger charge is 1.74. The molecule has 8 heteroatoms. The lowest BCUT2D eigenvalue weighted by molar-refractivity contribution is 1.15. The minimum absolute atomic E-state index is 0. The third-order valence-electron chi connectivity index (χ3n) is 1.38. The van der Waals surface area contributed by atoms with Crippen LogP contribution in [0.15, 0.2) is 24.8 Å². The summed E-state index contributed by atoms with van der Waals surface area (Å²) in [5.74, 6) is 1.94. The summed E-state index contributed by atoms with van der Waals surface area (Å²) in [5, 5.41) is 16.7. The molecule has 18 heavy (non-hydrogen) atoms. The number of nitriles is 2. The Morgan fingerprint density at radius 3 is 1.44 bits per heavy atom. The number of hydrogen-bond acceptors (Lipinski definition) is 5. The van der Waals surface area contributed by atoms with E-state index in [-0.39, 0.29) is 8.41 Å². The van der Waals surface area contributed by atoms with Crippen LogP contribution in [0.2, 0.25) is 0 Å². The SMILES string of the molecule is B.Cc1ncc[nH]1.Cc1ncc[nH]1.N#CNC#N. The first-order valence-corrected chi connectivity index (χ1v) is 4.65. The minimum Gasteiger partial charge on any atom is -0.349 e. The number of H-pyrrole nitrogens is 2. The van der Waals surface area contributed by atoms with Gasteiger partial charge in [-0.25, -0.2) is 15.3 Å². The van der Waals surface area contributed by atoms with Crippen molar-refractivity contribution in [2.75, 3.05) is 0 Å². The van der Waals surface area contributed by atoms with Crippen molar-refractivity contribution >= 4 is 8.41 Å². The van der Waals surface area contributed by atoms with E-state index in [1.807, 2.05) is 13.8 Å². The van der Waals surface area contributed by atoms with Gasteiger partial charge in [0.05, 0.1) is 8.41 Å². The summed E-state index contributed by atoms with van der Waals surface area (Å²) in [4.78, 5) is 13.5. The molecule has 0 amide bonds. The summed E-state index contributed by atoms with van der Waals surface area (Å²) < 4.78 is 0. The molecule has 0 saturated heterocycles. The first-order chi connectivity index (χ1) is 8.20. The fourth-order valence-electron chi connectivity index (χ4n) is 0.713. The van der Waals surface area contributed by atoms with Crippen LogP contribution in [0.4, 0.5) is 0 Å². The Morgan fingerprint density at radius 2 is 1.39 bits per heavy atom. The number of aromatic amines is 2. The first kappa shape index (κ1) is 17.7. The Kier molecular flexibility index (Phi) is 12.1. The van der Waals surface area contributed by atoms with Crippen molar-refractivity contribution < 1.29 is 0 Å². The van der Waals surface area contributed by atoms with Crippen LogP contribution in [0.3, 0.4) is 0 Å². The van der Waals surface area contributed by atoms with E-state index >= 15 is 0 Å². The number of rotatable bonds is 0. The second kappa shape index (κ2) is 12.3. The lowest BCUT2D eigenvalue weighted by Gasteiger charge is -1.68. The van der Waals surface area contributed by atoms with E-state index in [0.29, 0.717) is 0 Å². The molecule has 0 atom stereocenters. The van der Waals surface area contributed by atoms with Crippen molar-refractivity contribution in [1.29, 1.82) is 10.5 Å². The maximum atomic E-state index is 7.48. The summed E-state index contributed by atoms with van der Waals surface area (Å²) in [5.41, 5.74) is 0.